The molecule has 1 aliphatic rings. The fraction of sp³-hybridized carbons (Fsp3) is 0.250. The molecule has 0 bridgehead atoms. The lowest BCUT2D eigenvalue weighted by molar-refractivity contribution is -0.137. The maximum Gasteiger partial charge on any atom is 0.417 e. The zero-order valence-electron chi connectivity index (χ0n) is 19.6. The van der Waals surface area contributed by atoms with Gasteiger partial charge in [-0.05, 0) is 74.1 Å². The van der Waals surface area contributed by atoms with Gasteiger partial charge in [-0.15, -0.1) is 11.8 Å². The van der Waals surface area contributed by atoms with E-state index in [2.05, 4.69) is 23.1 Å². The molecular formula is C28H26F3N3S. The maximum absolute atomic E-state index is 13.9. The van der Waals surface area contributed by atoms with Crippen LogP contribution in [0.1, 0.15) is 30.1 Å². The highest BCUT2D eigenvalue weighted by Crippen LogP contribution is 2.39. The fourth-order valence-electron chi connectivity index (χ4n) is 4.77. The maximum atomic E-state index is 13.9. The van der Waals surface area contributed by atoms with Crippen LogP contribution in [-0.2, 0) is 6.18 Å². The van der Waals surface area contributed by atoms with Gasteiger partial charge in [0.15, 0.2) is 0 Å². The largest absolute Gasteiger partial charge is 0.417 e. The second-order valence-corrected chi connectivity index (χ2v) is 9.70. The first kappa shape index (κ1) is 23.7. The number of halogens is 3. The first-order valence-electron chi connectivity index (χ1n) is 11.6. The SMILES string of the molecule is CSc1cccc(-c2ccc(-n3cc(C4CCCN4C)nc3-c3ccccc3C(F)(F)F)cc2)c1. The zero-order valence-corrected chi connectivity index (χ0v) is 20.4. The van der Waals surface area contributed by atoms with Crippen molar-refractivity contribution < 1.29 is 13.2 Å². The van der Waals surface area contributed by atoms with Crippen molar-refractivity contribution in [2.75, 3.05) is 19.8 Å². The molecular weight excluding hydrogens is 467 g/mol. The number of alkyl halides is 3. The van der Waals surface area contributed by atoms with E-state index in [1.165, 1.54) is 17.0 Å². The van der Waals surface area contributed by atoms with E-state index >= 15 is 0 Å². The molecule has 1 fully saturated rings. The van der Waals surface area contributed by atoms with Crippen molar-refractivity contribution in [3.8, 4) is 28.2 Å². The molecule has 0 amide bonds. The zero-order chi connectivity index (χ0) is 24.6. The summed E-state index contributed by atoms with van der Waals surface area (Å²) in [5.41, 5.74) is 3.14. The van der Waals surface area contributed by atoms with Crippen molar-refractivity contribution in [3.05, 3.63) is 90.3 Å². The summed E-state index contributed by atoms with van der Waals surface area (Å²) in [7, 11) is 2.04. The summed E-state index contributed by atoms with van der Waals surface area (Å²) < 4.78 is 43.5. The van der Waals surface area contributed by atoms with E-state index in [9.17, 15) is 13.2 Å². The molecule has 5 rings (SSSR count). The second-order valence-electron chi connectivity index (χ2n) is 8.82. The minimum Gasteiger partial charge on any atom is -0.299 e. The summed E-state index contributed by atoms with van der Waals surface area (Å²) in [6, 6.07) is 22.0. The van der Waals surface area contributed by atoms with Gasteiger partial charge in [0.05, 0.1) is 17.3 Å². The van der Waals surface area contributed by atoms with E-state index in [1.54, 1.807) is 22.4 Å². The molecule has 1 saturated heterocycles. The predicted molar refractivity (Wildman–Crippen MR) is 136 cm³/mol. The van der Waals surface area contributed by atoms with Crippen LogP contribution in [0, 0.1) is 0 Å². The summed E-state index contributed by atoms with van der Waals surface area (Å²) in [6.45, 7) is 0.954. The summed E-state index contributed by atoms with van der Waals surface area (Å²) in [6.07, 6.45) is 1.47. The molecule has 1 aliphatic heterocycles. The van der Waals surface area contributed by atoms with E-state index in [0.717, 1.165) is 48.0 Å². The van der Waals surface area contributed by atoms with Crippen LogP contribution in [0.25, 0.3) is 28.2 Å². The Kier molecular flexibility index (Phi) is 6.47. The number of benzene rings is 3. The van der Waals surface area contributed by atoms with Gasteiger partial charge in [-0.3, -0.25) is 9.47 Å². The van der Waals surface area contributed by atoms with Crippen molar-refractivity contribution in [3.63, 3.8) is 0 Å². The topological polar surface area (TPSA) is 21.1 Å². The van der Waals surface area contributed by atoms with Gasteiger partial charge < -0.3 is 0 Å². The summed E-state index contributed by atoms with van der Waals surface area (Å²) in [5, 5.41) is 0. The lowest BCUT2D eigenvalue weighted by Crippen LogP contribution is -2.17. The van der Waals surface area contributed by atoms with Gasteiger partial charge in [0.1, 0.15) is 5.82 Å². The van der Waals surface area contributed by atoms with Crippen molar-refractivity contribution in [2.24, 2.45) is 0 Å². The molecule has 35 heavy (non-hydrogen) atoms. The molecule has 0 N–H and O–H groups in total. The van der Waals surface area contributed by atoms with Crippen LogP contribution >= 0.6 is 11.8 Å². The van der Waals surface area contributed by atoms with Crippen LogP contribution in [0.3, 0.4) is 0 Å². The van der Waals surface area contributed by atoms with Gasteiger partial charge in [-0.1, -0.05) is 42.5 Å². The molecule has 4 aromatic rings. The molecule has 1 atom stereocenters. The lowest BCUT2D eigenvalue weighted by Gasteiger charge is -2.16. The predicted octanol–water partition coefficient (Wildman–Crippen LogP) is 7.71. The van der Waals surface area contributed by atoms with Crippen molar-refractivity contribution in [1.82, 2.24) is 14.5 Å². The molecule has 7 heteroatoms. The fourth-order valence-corrected chi connectivity index (χ4v) is 5.23. The molecule has 0 spiro atoms. The van der Waals surface area contributed by atoms with Crippen LogP contribution in [-0.4, -0.2) is 34.3 Å². The molecule has 1 unspecified atom stereocenters. The van der Waals surface area contributed by atoms with Gasteiger partial charge in [-0.25, -0.2) is 4.98 Å². The Bertz CT molecular complexity index is 1330. The number of imidazole rings is 1. The smallest absolute Gasteiger partial charge is 0.299 e. The van der Waals surface area contributed by atoms with E-state index in [1.807, 2.05) is 49.8 Å². The van der Waals surface area contributed by atoms with E-state index in [0.29, 0.717) is 5.82 Å². The van der Waals surface area contributed by atoms with Gasteiger partial charge >= 0.3 is 6.18 Å². The lowest BCUT2D eigenvalue weighted by atomic mass is 10.0. The molecule has 3 aromatic carbocycles. The average Bonchev–Trinajstić information content (AvgIpc) is 3.50. The Labute approximate surface area is 207 Å². The van der Waals surface area contributed by atoms with Gasteiger partial charge in [-0.2, -0.15) is 13.2 Å². The Hall–Kier alpha value is -3.03. The van der Waals surface area contributed by atoms with Crippen molar-refractivity contribution in [1.29, 1.82) is 0 Å². The highest BCUT2D eigenvalue weighted by atomic mass is 32.2. The molecule has 1 aromatic heterocycles. The standard InChI is InChI=1S/C28H26F3N3S/c1-33-16-6-11-26(33)25-18-34(27(32-25)23-9-3-4-10-24(23)28(29,30)31)21-14-12-19(13-15-21)20-7-5-8-22(17-20)35-2/h3-5,7-10,12-15,17-18,26H,6,11,16H2,1-2H3. The number of aromatic nitrogens is 2. The number of thioether (sulfide) groups is 1. The highest BCUT2D eigenvalue weighted by Gasteiger charge is 2.35. The summed E-state index contributed by atoms with van der Waals surface area (Å²) in [4.78, 5) is 8.18. The number of hydrogen-bond acceptors (Lipinski definition) is 3. The molecule has 3 nitrogen and oxygen atoms in total. The van der Waals surface area contributed by atoms with E-state index < -0.39 is 11.7 Å². The normalized spacial score (nSPS) is 16.7. The molecule has 0 radical (unpaired) electrons. The van der Waals surface area contributed by atoms with Crippen molar-refractivity contribution >= 4 is 11.8 Å². The third kappa shape index (κ3) is 4.75. The van der Waals surface area contributed by atoms with E-state index in [-0.39, 0.29) is 11.6 Å². The molecule has 0 saturated carbocycles. The minimum atomic E-state index is -4.47. The molecule has 2 heterocycles. The third-order valence-corrected chi connectivity index (χ3v) is 7.33. The Morgan fingerprint density at radius 1 is 0.943 bits per heavy atom. The average molecular weight is 494 g/mol. The van der Waals surface area contributed by atoms with Crippen molar-refractivity contribution in [2.45, 2.75) is 30.0 Å². The second kappa shape index (κ2) is 9.55. The van der Waals surface area contributed by atoms with Gasteiger partial charge in [0, 0.05) is 22.3 Å². The van der Waals surface area contributed by atoms with Crippen LogP contribution in [0.15, 0.2) is 83.9 Å². The van der Waals surface area contributed by atoms with Crippen LogP contribution in [0.5, 0.6) is 0 Å². The number of hydrogen-bond donors (Lipinski definition) is 0. The number of nitrogens with zero attached hydrogens (tertiary/aromatic N) is 3. The Morgan fingerprint density at radius 3 is 2.40 bits per heavy atom. The monoisotopic (exact) mass is 493 g/mol. The first-order chi connectivity index (χ1) is 16.8. The molecule has 0 aliphatic carbocycles. The Balaban J connectivity index is 1.61. The summed E-state index contributed by atoms with van der Waals surface area (Å²) in [5.74, 6) is 0.311. The van der Waals surface area contributed by atoms with Crippen LogP contribution in [0.2, 0.25) is 0 Å². The number of likely N-dealkylation sites (tertiary alicyclic amines) is 1. The highest BCUT2D eigenvalue weighted by molar-refractivity contribution is 7.98. The van der Waals surface area contributed by atoms with Gasteiger partial charge in [0.25, 0.3) is 0 Å². The van der Waals surface area contributed by atoms with Crippen LogP contribution in [0.4, 0.5) is 13.2 Å². The van der Waals surface area contributed by atoms with E-state index in [4.69, 9.17) is 4.98 Å². The molecule has 180 valence electrons. The van der Waals surface area contributed by atoms with Gasteiger partial charge in [0.2, 0.25) is 0 Å². The minimum absolute atomic E-state index is 0.0867. The summed E-state index contributed by atoms with van der Waals surface area (Å²) >= 11 is 1.69. The number of rotatable bonds is 5. The van der Waals surface area contributed by atoms with Crippen LogP contribution < -0.4 is 0 Å². The Morgan fingerprint density at radius 2 is 1.71 bits per heavy atom. The quantitative estimate of drug-likeness (QED) is 0.266. The third-order valence-electron chi connectivity index (χ3n) is 6.61. The first-order valence-corrected chi connectivity index (χ1v) is 12.8.